The Labute approximate surface area is 137 Å². The molecule has 0 aliphatic rings. The average molecular weight is 331 g/mol. The van der Waals surface area contributed by atoms with Gasteiger partial charge in [-0.05, 0) is 24.3 Å². The van der Waals surface area contributed by atoms with E-state index in [1.807, 2.05) is 45.0 Å². The molecule has 7 nitrogen and oxygen atoms in total. The standard InChI is InChI=1S/C15H17N5O2S/c1-15(2,3)11-12(21)20-14(18-17-11)23-13(19-20)16-9-5-7-10(22-4)8-6-9/h5-8H,1-4H3,(H,16,19). The highest BCUT2D eigenvalue weighted by molar-refractivity contribution is 7.20. The van der Waals surface area contributed by atoms with Crippen LogP contribution in [0.15, 0.2) is 29.1 Å². The molecule has 1 N–H and O–H groups in total. The minimum Gasteiger partial charge on any atom is -0.497 e. The van der Waals surface area contributed by atoms with E-state index in [4.69, 9.17) is 4.74 Å². The van der Waals surface area contributed by atoms with Crippen LogP contribution >= 0.6 is 11.3 Å². The zero-order valence-corrected chi connectivity index (χ0v) is 14.1. The number of benzene rings is 1. The Kier molecular flexibility index (Phi) is 3.77. The van der Waals surface area contributed by atoms with E-state index >= 15 is 0 Å². The van der Waals surface area contributed by atoms with Crippen LogP contribution in [-0.4, -0.2) is 26.9 Å². The van der Waals surface area contributed by atoms with Gasteiger partial charge < -0.3 is 10.1 Å². The van der Waals surface area contributed by atoms with E-state index in [9.17, 15) is 4.79 Å². The molecule has 0 radical (unpaired) electrons. The van der Waals surface area contributed by atoms with Crippen molar-refractivity contribution in [1.82, 2.24) is 19.8 Å². The molecule has 3 aromatic rings. The fourth-order valence-electron chi connectivity index (χ4n) is 2.03. The monoisotopic (exact) mass is 331 g/mol. The van der Waals surface area contributed by atoms with Crippen LogP contribution < -0.4 is 15.6 Å². The van der Waals surface area contributed by atoms with Gasteiger partial charge in [-0.25, -0.2) is 0 Å². The summed E-state index contributed by atoms with van der Waals surface area (Å²) in [6, 6.07) is 7.44. The van der Waals surface area contributed by atoms with Crippen molar-refractivity contribution in [3.8, 4) is 5.75 Å². The van der Waals surface area contributed by atoms with Crippen LogP contribution in [-0.2, 0) is 5.41 Å². The molecular weight excluding hydrogens is 314 g/mol. The predicted octanol–water partition coefficient (Wildman–Crippen LogP) is 2.60. The van der Waals surface area contributed by atoms with Gasteiger partial charge >= 0.3 is 0 Å². The molecule has 0 spiro atoms. The predicted molar refractivity (Wildman–Crippen MR) is 89.9 cm³/mol. The number of nitrogens with zero attached hydrogens (tertiary/aromatic N) is 4. The number of anilines is 2. The van der Waals surface area contributed by atoms with Crippen molar-refractivity contribution in [2.45, 2.75) is 26.2 Å². The number of ether oxygens (including phenoxy) is 1. The molecule has 0 fully saturated rings. The maximum Gasteiger partial charge on any atom is 0.297 e. The lowest BCUT2D eigenvalue weighted by atomic mass is 9.93. The quantitative estimate of drug-likeness (QED) is 0.794. The van der Waals surface area contributed by atoms with Crippen molar-refractivity contribution >= 4 is 27.1 Å². The van der Waals surface area contributed by atoms with Gasteiger partial charge in [-0.3, -0.25) is 4.79 Å². The number of methoxy groups -OCH3 is 1. The first kappa shape index (κ1) is 15.4. The highest BCUT2D eigenvalue weighted by Crippen LogP contribution is 2.23. The first-order valence-corrected chi connectivity index (χ1v) is 7.88. The molecular formula is C15H17N5O2S. The number of hydrogen-bond acceptors (Lipinski definition) is 7. The van der Waals surface area contributed by atoms with Crippen molar-refractivity contribution in [1.29, 1.82) is 0 Å². The maximum absolute atomic E-state index is 12.5. The smallest absolute Gasteiger partial charge is 0.297 e. The largest absolute Gasteiger partial charge is 0.497 e. The molecule has 0 aliphatic heterocycles. The van der Waals surface area contributed by atoms with Gasteiger partial charge in [0.05, 0.1) is 7.11 Å². The number of nitrogens with one attached hydrogen (secondary N) is 1. The maximum atomic E-state index is 12.5. The van der Waals surface area contributed by atoms with E-state index in [-0.39, 0.29) is 11.0 Å². The van der Waals surface area contributed by atoms with E-state index in [0.717, 1.165) is 11.4 Å². The summed E-state index contributed by atoms with van der Waals surface area (Å²) in [6.45, 7) is 5.77. The number of rotatable bonds is 3. The van der Waals surface area contributed by atoms with Gasteiger partial charge in [-0.15, -0.1) is 15.3 Å². The van der Waals surface area contributed by atoms with E-state index in [1.54, 1.807) is 7.11 Å². The van der Waals surface area contributed by atoms with Gasteiger partial charge in [-0.2, -0.15) is 4.52 Å². The van der Waals surface area contributed by atoms with Crippen molar-refractivity contribution in [3.05, 3.63) is 40.3 Å². The molecule has 3 rings (SSSR count). The molecule has 23 heavy (non-hydrogen) atoms. The van der Waals surface area contributed by atoms with Gasteiger partial charge in [-0.1, -0.05) is 32.1 Å². The van der Waals surface area contributed by atoms with Gasteiger partial charge in [0.15, 0.2) is 0 Å². The third-order valence-corrected chi connectivity index (χ3v) is 4.06. The summed E-state index contributed by atoms with van der Waals surface area (Å²) in [4.78, 5) is 12.9. The van der Waals surface area contributed by atoms with Crippen LogP contribution in [0.1, 0.15) is 26.5 Å². The molecule has 0 saturated heterocycles. The normalized spacial score (nSPS) is 11.7. The van der Waals surface area contributed by atoms with Crippen molar-refractivity contribution < 1.29 is 4.74 Å². The lowest BCUT2D eigenvalue weighted by Gasteiger charge is -2.14. The molecule has 0 saturated carbocycles. The van der Waals surface area contributed by atoms with Crippen molar-refractivity contribution in [2.75, 3.05) is 12.4 Å². The third-order valence-electron chi connectivity index (χ3n) is 3.24. The number of aromatic nitrogens is 4. The molecule has 2 aromatic heterocycles. The number of hydrogen-bond donors (Lipinski definition) is 1. The molecule has 120 valence electrons. The van der Waals surface area contributed by atoms with Gasteiger partial charge in [0.25, 0.3) is 5.56 Å². The van der Waals surface area contributed by atoms with Crippen LogP contribution in [0.4, 0.5) is 10.8 Å². The minimum absolute atomic E-state index is 0.235. The Morgan fingerprint density at radius 3 is 2.48 bits per heavy atom. The third kappa shape index (κ3) is 3.02. The summed E-state index contributed by atoms with van der Waals surface area (Å²) in [5.41, 5.74) is 0.637. The molecule has 0 unspecified atom stereocenters. The van der Waals surface area contributed by atoms with Crippen molar-refractivity contribution in [2.24, 2.45) is 0 Å². The first-order chi connectivity index (χ1) is 10.9. The summed E-state index contributed by atoms with van der Waals surface area (Å²) < 4.78 is 6.42. The molecule has 8 heteroatoms. The Morgan fingerprint density at radius 2 is 1.87 bits per heavy atom. The summed E-state index contributed by atoms with van der Waals surface area (Å²) in [7, 11) is 1.62. The Bertz CT molecular complexity index is 893. The lowest BCUT2D eigenvalue weighted by Crippen LogP contribution is -2.30. The molecule has 0 bridgehead atoms. The van der Waals surface area contributed by atoms with Gasteiger partial charge in [0.2, 0.25) is 10.1 Å². The Hall–Kier alpha value is -2.48. The second kappa shape index (κ2) is 5.62. The molecule has 1 aromatic carbocycles. The highest BCUT2D eigenvalue weighted by Gasteiger charge is 2.23. The van der Waals surface area contributed by atoms with E-state index in [1.165, 1.54) is 15.9 Å². The van der Waals surface area contributed by atoms with E-state index in [2.05, 4.69) is 20.6 Å². The van der Waals surface area contributed by atoms with E-state index < -0.39 is 0 Å². The topological polar surface area (TPSA) is 81.4 Å². The molecule has 0 amide bonds. The Morgan fingerprint density at radius 1 is 1.17 bits per heavy atom. The molecule has 0 aliphatic carbocycles. The fraction of sp³-hybridized carbons (Fsp3) is 0.333. The van der Waals surface area contributed by atoms with E-state index in [0.29, 0.717) is 15.8 Å². The van der Waals surface area contributed by atoms with Crippen LogP contribution in [0, 0.1) is 0 Å². The summed E-state index contributed by atoms with van der Waals surface area (Å²) in [5.74, 6) is 0.775. The van der Waals surface area contributed by atoms with Crippen LogP contribution in [0.2, 0.25) is 0 Å². The van der Waals surface area contributed by atoms with Crippen LogP contribution in [0.5, 0.6) is 5.75 Å². The molecule has 0 atom stereocenters. The lowest BCUT2D eigenvalue weighted by molar-refractivity contribution is 0.415. The highest BCUT2D eigenvalue weighted by atomic mass is 32.1. The van der Waals surface area contributed by atoms with Crippen LogP contribution in [0.25, 0.3) is 4.96 Å². The SMILES string of the molecule is COc1ccc(Nc2nn3c(=O)c(C(C)(C)C)nnc3s2)cc1. The van der Waals surface area contributed by atoms with Gasteiger partial charge in [0, 0.05) is 11.1 Å². The summed E-state index contributed by atoms with van der Waals surface area (Å²) in [5, 5.41) is 16.2. The van der Waals surface area contributed by atoms with Crippen molar-refractivity contribution in [3.63, 3.8) is 0 Å². The minimum atomic E-state index is -0.377. The summed E-state index contributed by atoms with van der Waals surface area (Å²) >= 11 is 1.27. The summed E-state index contributed by atoms with van der Waals surface area (Å²) in [6.07, 6.45) is 0. The number of fused-ring (bicyclic) bond motifs is 1. The first-order valence-electron chi connectivity index (χ1n) is 7.06. The zero-order chi connectivity index (χ0) is 16.6. The average Bonchev–Trinajstić information content (AvgIpc) is 2.90. The second-order valence-corrected chi connectivity index (χ2v) is 7.01. The Balaban J connectivity index is 1.96. The van der Waals surface area contributed by atoms with Crippen LogP contribution in [0.3, 0.4) is 0 Å². The molecule has 2 heterocycles. The second-order valence-electron chi connectivity index (χ2n) is 6.06. The fourth-order valence-corrected chi connectivity index (χ4v) is 2.79. The zero-order valence-electron chi connectivity index (χ0n) is 13.3. The van der Waals surface area contributed by atoms with Gasteiger partial charge in [0.1, 0.15) is 11.4 Å².